The smallest absolute Gasteiger partial charge is 0.337 e. The number of aromatic nitrogens is 3. The largest absolute Gasteiger partial charge is 0.479 e. The van der Waals surface area contributed by atoms with E-state index in [2.05, 4.69) is 30.0 Å². The highest BCUT2D eigenvalue weighted by molar-refractivity contribution is 5.78. The van der Waals surface area contributed by atoms with Crippen molar-refractivity contribution >= 4 is 17.4 Å². The molecule has 210 valence electrons. The molecule has 3 aliphatic heterocycles. The SMILES string of the molecule is Cc1nc2cc3nn2c(c1[C@H](OC(C)(C)C)C(=O)O)N1CCC(C)(CC1)OCCCc1ccccc1COC3. The molecule has 4 bridgehead atoms. The zero-order valence-electron chi connectivity index (χ0n) is 23.7. The Labute approximate surface area is 230 Å². The molecular weight excluding hydrogens is 496 g/mol. The minimum atomic E-state index is -1.18. The number of carbonyl (C=O) groups is 1. The molecule has 1 atom stereocenters. The van der Waals surface area contributed by atoms with E-state index in [1.807, 2.05) is 39.8 Å². The van der Waals surface area contributed by atoms with Crippen molar-refractivity contribution < 1.29 is 24.1 Å². The van der Waals surface area contributed by atoms with Gasteiger partial charge in [-0.3, -0.25) is 0 Å². The molecule has 9 nitrogen and oxygen atoms in total. The Bertz CT molecular complexity index is 1340. The molecule has 0 saturated carbocycles. The van der Waals surface area contributed by atoms with E-state index < -0.39 is 17.7 Å². The van der Waals surface area contributed by atoms with Gasteiger partial charge in [-0.15, -0.1) is 0 Å². The van der Waals surface area contributed by atoms with Crippen LogP contribution in [0.1, 0.15) is 81.1 Å². The molecule has 1 aromatic carbocycles. The quantitative estimate of drug-likeness (QED) is 0.499. The van der Waals surface area contributed by atoms with E-state index in [-0.39, 0.29) is 5.60 Å². The molecule has 5 heterocycles. The lowest BCUT2D eigenvalue weighted by Gasteiger charge is -2.41. The zero-order chi connectivity index (χ0) is 27.8. The van der Waals surface area contributed by atoms with Gasteiger partial charge in [0.05, 0.1) is 35.7 Å². The van der Waals surface area contributed by atoms with Gasteiger partial charge in [-0.1, -0.05) is 24.3 Å². The molecule has 0 amide bonds. The fourth-order valence-electron chi connectivity index (χ4n) is 5.56. The number of piperidine rings is 1. The lowest BCUT2D eigenvalue weighted by molar-refractivity contribution is -0.160. The van der Waals surface area contributed by atoms with Crippen LogP contribution in [0.5, 0.6) is 0 Å². The fourth-order valence-corrected chi connectivity index (χ4v) is 5.56. The molecule has 3 aromatic rings. The lowest BCUT2D eigenvalue weighted by Crippen LogP contribution is -2.46. The summed E-state index contributed by atoms with van der Waals surface area (Å²) in [5, 5.41) is 15.2. The minimum absolute atomic E-state index is 0.238. The van der Waals surface area contributed by atoms with Crippen molar-refractivity contribution in [3.05, 3.63) is 58.4 Å². The van der Waals surface area contributed by atoms with Crippen molar-refractivity contribution in [3.63, 3.8) is 0 Å². The van der Waals surface area contributed by atoms with Crippen molar-refractivity contribution in [2.45, 2.75) is 90.8 Å². The molecule has 0 aliphatic carbocycles. The number of aryl methyl sites for hydroxylation is 2. The van der Waals surface area contributed by atoms with Gasteiger partial charge in [-0.05, 0) is 71.4 Å². The second-order valence-electron chi connectivity index (χ2n) is 11.9. The maximum atomic E-state index is 12.6. The van der Waals surface area contributed by atoms with Gasteiger partial charge in [0.25, 0.3) is 0 Å². The van der Waals surface area contributed by atoms with Crippen LogP contribution >= 0.6 is 0 Å². The monoisotopic (exact) mass is 536 g/mol. The molecule has 6 rings (SSSR count). The number of benzene rings is 1. The molecule has 0 unspecified atom stereocenters. The van der Waals surface area contributed by atoms with E-state index in [1.54, 1.807) is 4.52 Å². The number of hydrogen-bond donors (Lipinski definition) is 1. The van der Waals surface area contributed by atoms with Crippen molar-refractivity contribution in [2.75, 3.05) is 24.6 Å². The molecule has 1 saturated heterocycles. The summed E-state index contributed by atoms with van der Waals surface area (Å²) in [5.74, 6) is -0.328. The molecule has 2 aromatic heterocycles. The normalized spacial score (nSPS) is 19.2. The average molecular weight is 537 g/mol. The highest BCUT2D eigenvalue weighted by atomic mass is 16.5. The van der Waals surface area contributed by atoms with E-state index >= 15 is 0 Å². The second-order valence-corrected chi connectivity index (χ2v) is 11.9. The van der Waals surface area contributed by atoms with Gasteiger partial charge >= 0.3 is 5.97 Å². The van der Waals surface area contributed by atoms with Gasteiger partial charge in [-0.2, -0.15) is 9.61 Å². The van der Waals surface area contributed by atoms with E-state index in [0.29, 0.717) is 49.8 Å². The number of fused-ring (bicyclic) bond motifs is 7. The number of carboxylic acids is 1. The number of aliphatic carboxylic acids is 1. The Kier molecular flexibility index (Phi) is 7.68. The molecule has 0 spiro atoms. The summed E-state index contributed by atoms with van der Waals surface area (Å²) in [6.07, 6.45) is 2.34. The highest BCUT2D eigenvalue weighted by Crippen LogP contribution is 2.37. The predicted molar refractivity (Wildman–Crippen MR) is 148 cm³/mol. The molecule has 0 radical (unpaired) electrons. The minimum Gasteiger partial charge on any atom is -0.479 e. The summed E-state index contributed by atoms with van der Waals surface area (Å²) in [6.45, 7) is 12.5. The Hall–Kier alpha value is -3.01. The predicted octanol–water partition coefficient (Wildman–Crippen LogP) is 5.02. The summed E-state index contributed by atoms with van der Waals surface area (Å²) in [4.78, 5) is 19.6. The van der Waals surface area contributed by atoms with Crippen LogP contribution in [0.15, 0.2) is 30.3 Å². The number of rotatable bonds is 3. The summed E-state index contributed by atoms with van der Waals surface area (Å²) in [6, 6.07) is 10.3. The highest BCUT2D eigenvalue weighted by Gasteiger charge is 2.37. The van der Waals surface area contributed by atoms with E-state index in [4.69, 9.17) is 24.3 Å². The van der Waals surface area contributed by atoms with Gasteiger partial charge in [0, 0.05) is 31.5 Å². The Balaban J connectivity index is 1.60. The van der Waals surface area contributed by atoms with Gasteiger partial charge in [-0.25, -0.2) is 9.78 Å². The summed E-state index contributed by atoms with van der Waals surface area (Å²) >= 11 is 0. The number of hydrogen-bond acceptors (Lipinski definition) is 7. The first-order chi connectivity index (χ1) is 18.5. The van der Waals surface area contributed by atoms with Crippen LogP contribution < -0.4 is 4.90 Å². The molecule has 1 fully saturated rings. The number of nitrogens with zero attached hydrogens (tertiary/aromatic N) is 4. The molecule has 9 heteroatoms. The summed E-state index contributed by atoms with van der Waals surface area (Å²) < 4.78 is 20.5. The molecule has 39 heavy (non-hydrogen) atoms. The van der Waals surface area contributed by atoms with Crippen molar-refractivity contribution in [1.82, 2.24) is 14.6 Å². The maximum absolute atomic E-state index is 12.6. The van der Waals surface area contributed by atoms with Gasteiger partial charge in [0.2, 0.25) is 0 Å². The van der Waals surface area contributed by atoms with Crippen LogP contribution in [0.3, 0.4) is 0 Å². The topological polar surface area (TPSA) is 98.4 Å². The molecular formula is C30H40N4O5. The number of carboxylic acid groups (broad SMARTS) is 1. The second kappa shape index (κ2) is 10.9. The van der Waals surface area contributed by atoms with Crippen LogP contribution in [0, 0.1) is 6.92 Å². The Morgan fingerprint density at radius 3 is 2.56 bits per heavy atom. The maximum Gasteiger partial charge on any atom is 0.337 e. The number of ether oxygens (including phenoxy) is 3. The van der Waals surface area contributed by atoms with Gasteiger partial charge in [0.15, 0.2) is 11.8 Å². The van der Waals surface area contributed by atoms with Gasteiger partial charge < -0.3 is 24.2 Å². The van der Waals surface area contributed by atoms with Crippen LogP contribution in [0.4, 0.5) is 5.82 Å². The van der Waals surface area contributed by atoms with Crippen LogP contribution in [-0.2, 0) is 38.6 Å². The van der Waals surface area contributed by atoms with Gasteiger partial charge in [0.1, 0.15) is 5.82 Å². The van der Waals surface area contributed by atoms with E-state index in [9.17, 15) is 9.90 Å². The number of anilines is 1. The van der Waals surface area contributed by atoms with Crippen molar-refractivity contribution in [1.29, 1.82) is 0 Å². The zero-order valence-corrected chi connectivity index (χ0v) is 23.7. The summed E-state index contributed by atoms with van der Waals surface area (Å²) in [5.41, 5.74) is 4.12. The molecule has 1 N–H and O–H groups in total. The third kappa shape index (κ3) is 6.10. The Morgan fingerprint density at radius 1 is 1.15 bits per heavy atom. The van der Waals surface area contributed by atoms with Crippen molar-refractivity contribution in [2.24, 2.45) is 0 Å². The van der Waals surface area contributed by atoms with Crippen LogP contribution in [0.2, 0.25) is 0 Å². The Morgan fingerprint density at radius 2 is 1.87 bits per heavy atom. The average Bonchev–Trinajstić information content (AvgIpc) is 3.27. The van der Waals surface area contributed by atoms with E-state index in [1.165, 1.54) is 11.1 Å². The summed E-state index contributed by atoms with van der Waals surface area (Å²) in [7, 11) is 0. The molecule has 3 aliphatic rings. The van der Waals surface area contributed by atoms with E-state index in [0.717, 1.165) is 37.2 Å². The van der Waals surface area contributed by atoms with Crippen molar-refractivity contribution in [3.8, 4) is 0 Å². The third-order valence-corrected chi connectivity index (χ3v) is 7.60. The fraction of sp³-hybridized carbons (Fsp3) is 0.567. The van der Waals surface area contributed by atoms with Crippen LogP contribution in [0.25, 0.3) is 5.65 Å². The third-order valence-electron chi connectivity index (χ3n) is 7.60. The standard InChI is InChI=1S/C30H40N4O5/c1-20-25(26(28(35)36)39-29(2,3)4)27-33-14-12-30(5,13-15-33)38-16-8-11-21-9-6-7-10-22(21)18-37-19-23-17-24(31-20)34(27)32-23/h6-7,9-10,17,26H,8,11-16,18-19H2,1-5H3,(H,35,36)/t26-/m0/s1. The first-order valence-electron chi connectivity index (χ1n) is 13.9. The van der Waals surface area contributed by atoms with Crippen LogP contribution in [-0.4, -0.2) is 56.6 Å². The first kappa shape index (κ1) is 27.6. The first-order valence-corrected chi connectivity index (χ1v) is 13.9. The lowest BCUT2D eigenvalue weighted by atomic mass is 9.92.